The summed E-state index contributed by atoms with van der Waals surface area (Å²) >= 11 is 1.94. The van der Waals surface area contributed by atoms with Gasteiger partial charge >= 0.3 is 0 Å². The summed E-state index contributed by atoms with van der Waals surface area (Å²) in [5.41, 5.74) is 0. The molecule has 1 atom stereocenters. The summed E-state index contributed by atoms with van der Waals surface area (Å²) < 4.78 is 0. The zero-order chi connectivity index (χ0) is 13.3. The number of hydrogen-bond donors (Lipinski definition) is 2. The predicted molar refractivity (Wildman–Crippen MR) is 81.7 cm³/mol. The lowest BCUT2D eigenvalue weighted by molar-refractivity contribution is -0.121. The van der Waals surface area contributed by atoms with Crippen LogP contribution in [0.2, 0.25) is 0 Å². The minimum atomic E-state index is 0.204. The number of rotatable bonds is 5. The lowest BCUT2D eigenvalue weighted by Gasteiger charge is -2.23. The van der Waals surface area contributed by atoms with E-state index in [1.165, 1.54) is 44.5 Å². The van der Waals surface area contributed by atoms with Crippen LogP contribution in [0.3, 0.4) is 0 Å². The number of likely N-dealkylation sites (tertiary alicyclic amines) is 1. The summed E-state index contributed by atoms with van der Waals surface area (Å²) in [6, 6.07) is 0.372. The molecule has 0 aliphatic carbocycles. The van der Waals surface area contributed by atoms with Gasteiger partial charge < -0.3 is 15.5 Å². The molecule has 2 rings (SSSR count). The van der Waals surface area contributed by atoms with Gasteiger partial charge in [0.15, 0.2) is 0 Å². The van der Waals surface area contributed by atoms with E-state index >= 15 is 0 Å². The summed E-state index contributed by atoms with van der Waals surface area (Å²) in [6.45, 7) is 5.26. The van der Waals surface area contributed by atoms with Crippen molar-refractivity contribution in [3.05, 3.63) is 0 Å². The van der Waals surface area contributed by atoms with Crippen molar-refractivity contribution in [2.24, 2.45) is 0 Å². The number of carbonyl (C=O) groups excluding carboxylic acids is 1. The number of amides is 1. The number of hydrogen-bond acceptors (Lipinski definition) is 4. The van der Waals surface area contributed by atoms with E-state index in [1.54, 1.807) is 0 Å². The fraction of sp³-hybridized carbons (Fsp3) is 0.929. The van der Waals surface area contributed by atoms with Gasteiger partial charge in [-0.2, -0.15) is 11.8 Å². The molecule has 110 valence electrons. The number of thioether (sulfide) groups is 1. The van der Waals surface area contributed by atoms with Crippen LogP contribution in [0.15, 0.2) is 0 Å². The second-order valence-electron chi connectivity index (χ2n) is 5.54. The van der Waals surface area contributed by atoms with Gasteiger partial charge in [-0.25, -0.2) is 0 Å². The van der Waals surface area contributed by atoms with Gasteiger partial charge in [0.1, 0.15) is 0 Å². The Labute approximate surface area is 121 Å². The zero-order valence-corrected chi connectivity index (χ0v) is 12.6. The lowest BCUT2D eigenvalue weighted by Crippen LogP contribution is -2.42. The molecule has 0 spiro atoms. The first-order valence-electron chi connectivity index (χ1n) is 7.65. The van der Waals surface area contributed by atoms with E-state index in [0.29, 0.717) is 12.5 Å². The van der Waals surface area contributed by atoms with Gasteiger partial charge in [0.2, 0.25) is 5.91 Å². The molecule has 5 heteroatoms. The Hall–Kier alpha value is -0.260. The lowest BCUT2D eigenvalue weighted by atomic mass is 10.2. The second kappa shape index (κ2) is 8.82. The molecule has 2 aliphatic heterocycles. The average Bonchev–Trinajstić information content (AvgIpc) is 2.68. The van der Waals surface area contributed by atoms with Gasteiger partial charge in [-0.05, 0) is 25.9 Å². The molecule has 2 saturated heterocycles. The van der Waals surface area contributed by atoms with Crippen LogP contribution in [0.5, 0.6) is 0 Å². The third-order valence-electron chi connectivity index (χ3n) is 3.88. The molecule has 0 aromatic heterocycles. The topological polar surface area (TPSA) is 44.4 Å². The quantitative estimate of drug-likeness (QED) is 0.793. The maximum atomic E-state index is 11.8. The highest BCUT2D eigenvalue weighted by atomic mass is 32.2. The van der Waals surface area contributed by atoms with E-state index < -0.39 is 0 Å². The summed E-state index contributed by atoms with van der Waals surface area (Å²) in [7, 11) is 0. The first-order chi connectivity index (χ1) is 9.34. The molecular formula is C14H27N3OS. The van der Waals surface area contributed by atoms with Crippen molar-refractivity contribution in [1.82, 2.24) is 15.5 Å². The standard InChI is InChI=1S/C14H27N3OS/c18-14(11-13-12-19-10-6-15-13)16-5-9-17-7-3-1-2-4-8-17/h13,15H,1-12H2,(H,16,18). The van der Waals surface area contributed by atoms with E-state index in [0.717, 1.165) is 25.4 Å². The molecule has 2 aliphatic rings. The first kappa shape index (κ1) is 15.1. The van der Waals surface area contributed by atoms with Crippen molar-refractivity contribution in [2.45, 2.75) is 38.1 Å². The predicted octanol–water partition coefficient (Wildman–Crippen LogP) is 1.07. The molecule has 2 fully saturated rings. The largest absolute Gasteiger partial charge is 0.355 e. The number of nitrogens with zero attached hydrogens (tertiary/aromatic N) is 1. The highest BCUT2D eigenvalue weighted by molar-refractivity contribution is 7.99. The fourth-order valence-electron chi connectivity index (χ4n) is 2.76. The maximum absolute atomic E-state index is 11.8. The molecule has 4 nitrogen and oxygen atoms in total. The van der Waals surface area contributed by atoms with Crippen LogP contribution >= 0.6 is 11.8 Å². The maximum Gasteiger partial charge on any atom is 0.221 e. The molecule has 1 amide bonds. The Morgan fingerprint density at radius 1 is 1.26 bits per heavy atom. The smallest absolute Gasteiger partial charge is 0.221 e. The fourth-order valence-corrected chi connectivity index (χ4v) is 3.71. The Morgan fingerprint density at radius 2 is 2.05 bits per heavy atom. The van der Waals surface area contributed by atoms with Crippen molar-refractivity contribution >= 4 is 17.7 Å². The van der Waals surface area contributed by atoms with Crippen LogP contribution in [0, 0.1) is 0 Å². The SMILES string of the molecule is O=C(CC1CSCCN1)NCCN1CCCCCC1. The molecule has 0 radical (unpaired) electrons. The minimum absolute atomic E-state index is 0.204. The van der Waals surface area contributed by atoms with Gasteiger partial charge in [0.05, 0.1) is 0 Å². The monoisotopic (exact) mass is 285 g/mol. The molecule has 0 aromatic carbocycles. The van der Waals surface area contributed by atoms with Crippen LogP contribution < -0.4 is 10.6 Å². The van der Waals surface area contributed by atoms with E-state index in [4.69, 9.17) is 0 Å². The highest BCUT2D eigenvalue weighted by Crippen LogP contribution is 2.10. The van der Waals surface area contributed by atoms with Gasteiger partial charge in [-0.15, -0.1) is 0 Å². The summed E-state index contributed by atoms with van der Waals surface area (Å²) in [5, 5.41) is 6.47. The van der Waals surface area contributed by atoms with E-state index in [-0.39, 0.29) is 5.91 Å². The van der Waals surface area contributed by atoms with Gasteiger partial charge in [-0.3, -0.25) is 4.79 Å². The summed E-state index contributed by atoms with van der Waals surface area (Å²) in [6.07, 6.45) is 6.00. The van der Waals surface area contributed by atoms with Crippen molar-refractivity contribution in [2.75, 3.05) is 44.2 Å². The van der Waals surface area contributed by atoms with Crippen LogP contribution in [0.4, 0.5) is 0 Å². The minimum Gasteiger partial charge on any atom is -0.355 e. The molecule has 0 aromatic rings. The van der Waals surface area contributed by atoms with Crippen LogP contribution in [0.1, 0.15) is 32.1 Å². The van der Waals surface area contributed by atoms with Crippen molar-refractivity contribution in [3.63, 3.8) is 0 Å². The second-order valence-corrected chi connectivity index (χ2v) is 6.69. The van der Waals surface area contributed by atoms with E-state index in [1.807, 2.05) is 11.8 Å². The Kier molecular flexibility index (Phi) is 7.03. The molecule has 0 bridgehead atoms. The Morgan fingerprint density at radius 3 is 2.74 bits per heavy atom. The Bertz CT molecular complexity index is 261. The first-order valence-corrected chi connectivity index (χ1v) is 8.80. The van der Waals surface area contributed by atoms with E-state index in [9.17, 15) is 4.79 Å². The molecule has 19 heavy (non-hydrogen) atoms. The van der Waals surface area contributed by atoms with Gasteiger partial charge in [0, 0.05) is 43.6 Å². The molecule has 1 unspecified atom stereocenters. The van der Waals surface area contributed by atoms with Gasteiger partial charge in [0.25, 0.3) is 0 Å². The van der Waals surface area contributed by atoms with Crippen molar-refractivity contribution < 1.29 is 4.79 Å². The van der Waals surface area contributed by atoms with Crippen LogP contribution in [-0.2, 0) is 4.79 Å². The summed E-state index contributed by atoms with van der Waals surface area (Å²) in [5.74, 6) is 2.45. The average molecular weight is 285 g/mol. The number of carbonyl (C=O) groups is 1. The van der Waals surface area contributed by atoms with Crippen LogP contribution in [0.25, 0.3) is 0 Å². The zero-order valence-electron chi connectivity index (χ0n) is 11.8. The molecule has 2 heterocycles. The van der Waals surface area contributed by atoms with Crippen molar-refractivity contribution in [1.29, 1.82) is 0 Å². The molecular weight excluding hydrogens is 258 g/mol. The Balaban J connectivity index is 1.55. The van der Waals surface area contributed by atoms with Crippen molar-refractivity contribution in [3.8, 4) is 0 Å². The third kappa shape index (κ3) is 6.15. The summed E-state index contributed by atoms with van der Waals surface area (Å²) in [4.78, 5) is 14.3. The third-order valence-corrected chi connectivity index (χ3v) is 5.01. The molecule has 2 N–H and O–H groups in total. The highest BCUT2D eigenvalue weighted by Gasteiger charge is 2.16. The molecule has 0 saturated carbocycles. The van der Waals surface area contributed by atoms with Gasteiger partial charge in [-0.1, -0.05) is 12.8 Å². The van der Waals surface area contributed by atoms with E-state index in [2.05, 4.69) is 15.5 Å². The normalized spacial score (nSPS) is 25.8. The number of nitrogens with one attached hydrogen (secondary N) is 2. The van der Waals surface area contributed by atoms with Crippen LogP contribution in [-0.4, -0.2) is 61.1 Å².